The molecule has 0 radical (unpaired) electrons. The number of rotatable bonds is 6. The quantitative estimate of drug-likeness (QED) is 0.858. The van der Waals surface area contributed by atoms with Crippen LogP contribution in [0.5, 0.6) is 0 Å². The van der Waals surface area contributed by atoms with Crippen LogP contribution in [0.3, 0.4) is 0 Å². The number of nitrogens with one attached hydrogen (secondary N) is 1. The van der Waals surface area contributed by atoms with Crippen molar-refractivity contribution >= 4 is 5.91 Å². The summed E-state index contributed by atoms with van der Waals surface area (Å²) in [7, 11) is 0. The lowest BCUT2D eigenvalue weighted by atomic mass is 10.1. The molecule has 6 heteroatoms. The smallest absolute Gasteiger partial charge is 0.221 e. The van der Waals surface area contributed by atoms with Crippen molar-refractivity contribution in [2.45, 2.75) is 32.2 Å². The van der Waals surface area contributed by atoms with Crippen LogP contribution in [0.2, 0.25) is 0 Å². The number of benzene rings is 1. The van der Waals surface area contributed by atoms with Crippen LogP contribution in [0.4, 0.5) is 4.39 Å². The summed E-state index contributed by atoms with van der Waals surface area (Å²) < 4.78 is 19.1. The SMILES string of the molecule is CC(C)(CO)NC(=O)CCc1ncc(-c2ccccc2F)o1. The van der Waals surface area contributed by atoms with Crippen molar-refractivity contribution < 1.29 is 18.7 Å². The molecule has 0 bridgehead atoms. The molecule has 0 fully saturated rings. The number of aryl methyl sites for hydroxylation is 1. The van der Waals surface area contributed by atoms with E-state index in [-0.39, 0.29) is 24.8 Å². The number of carbonyl (C=O) groups is 1. The van der Waals surface area contributed by atoms with Gasteiger partial charge in [-0.05, 0) is 26.0 Å². The van der Waals surface area contributed by atoms with Crippen molar-refractivity contribution in [2.75, 3.05) is 6.61 Å². The van der Waals surface area contributed by atoms with Gasteiger partial charge in [0.2, 0.25) is 5.91 Å². The van der Waals surface area contributed by atoms with E-state index in [9.17, 15) is 9.18 Å². The standard InChI is InChI=1S/C16H19FN2O3/c1-16(2,10-20)19-14(21)7-8-15-18-9-13(22-15)11-5-3-4-6-12(11)17/h3-6,9,20H,7-8,10H2,1-2H3,(H,19,21). The summed E-state index contributed by atoms with van der Waals surface area (Å²) in [6.07, 6.45) is 1.94. The molecule has 0 aliphatic heterocycles. The lowest BCUT2D eigenvalue weighted by Crippen LogP contribution is -2.46. The Bertz CT molecular complexity index is 652. The van der Waals surface area contributed by atoms with Crippen LogP contribution in [-0.2, 0) is 11.2 Å². The first-order chi connectivity index (χ1) is 10.4. The van der Waals surface area contributed by atoms with E-state index in [1.54, 1.807) is 32.0 Å². The molecule has 1 amide bonds. The minimum atomic E-state index is -0.661. The van der Waals surface area contributed by atoms with Crippen LogP contribution in [0, 0.1) is 5.82 Å². The van der Waals surface area contributed by atoms with Crippen molar-refractivity contribution in [3.63, 3.8) is 0 Å². The Kier molecular flexibility index (Phi) is 4.92. The number of hydrogen-bond acceptors (Lipinski definition) is 4. The number of amides is 1. The van der Waals surface area contributed by atoms with Crippen LogP contribution < -0.4 is 5.32 Å². The Balaban J connectivity index is 1.96. The molecule has 2 rings (SSSR count). The third kappa shape index (κ3) is 4.14. The van der Waals surface area contributed by atoms with E-state index in [0.717, 1.165) is 0 Å². The summed E-state index contributed by atoms with van der Waals surface area (Å²) >= 11 is 0. The van der Waals surface area contributed by atoms with E-state index in [4.69, 9.17) is 9.52 Å². The fourth-order valence-corrected chi connectivity index (χ4v) is 1.91. The van der Waals surface area contributed by atoms with Gasteiger partial charge in [0.25, 0.3) is 0 Å². The molecule has 2 N–H and O–H groups in total. The number of aliphatic hydroxyl groups excluding tert-OH is 1. The highest BCUT2D eigenvalue weighted by Crippen LogP contribution is 2.23. The van der Waals surface area contributed by atoms with Crippen LogP contribution in [0.1, 0.15) is 26.2 Å². The van der Waals surface area contributed by atoms with Gasteiger partial charge in [-0.2, -0.15) is 0 Å². The van der Waals surface area contributed by atoms with Gasteiger partial charge in [-0.15, -0.1) is 0 Å². The van der Waals surface area contributed by atoms with Crippen LogP contribution in [-0.4, -0.2) is 28.1 Å². The van der Waals surface area contributed by atoms with Crippen molar-refractivity contribution in [1.82, 2.24) is 10.3 Å². The maximum absolute atomic E-state index is 13.6. The fourth-order valence-electron chi connectivity index (χ4n) is 1.91. The largest absolute Gasteiger partial charge is 0.441 e. The number of oxazole rings is 1. The maximum Gasteiger partial charge on any atom is 0.221 e. The van der Waals surface area contributed by atoms with Gasteiger partial charge in [0, 0.05) is 12.8 Å². The minimum absolute atomic E-state index is 0.144. The highest BCUT2D eigenvalue weighted by molar-refractivity contribution is 5.76. The van der Waals surface area contributed by atoms with Crippen molar-refractivity contribution in [1.29, 1.82) is 0 Å². The number of halogens is 1. The summed E-state index contributed by atoms with van der Waals surface area (Å²) in [6, 6.07) is 6.27. The highest BCUT2D eigenvalue weighted by Gasteiger charge is 2.19. The summed E-state index contributed by atoms with van der Waals surface area (Å²) in [4.78, 5) is 15.8. The molecular formula is C16H19FN2O3. The average molecular weight is 306 g/mol. The number of hydrogen-bond donors (Lipinski definition) is 2. The molecule has 0 atom stereocenters. The molecule has 0 aliphatic rings. The molecule has 2 aromatic rings. The van der Waals surface area contributed by atoms with Gasteiger partial charge in [-0.1, -0.05) is 12.1 Å². The predicted molar refractivity (Wildman–Crippen MR) is 79.5 cm³/mol. The second-order valence-electron chi connectivity index (χ2n) is 5.69. The van der Waals surface area contributed by atoms with Gasteiger partial charge in [0.1, 0.15) is 5.82 Å². The Morgan fingerprint density at radius 2 is 2.14 bits per heavy atom. The van der Waals surface area contributed by atoms with Gasteiger partial charge in [-0.25, -0.2) is 9.37 Å². The van der Waals surface area contributed by atoms with Crippen LogP contribution >= 0.6 is 0 Å². The zero-order valence-electron chi connectivity index (χ0n) is 12.6. The first-order valence-corrected chi connectivity index (χ1v) is 7.03. The average Bonchev–Trinajstić information content (AvgIpc) is 2.94. The summed E-state index contributed by atoms with van der Waals surface area (Å²) in [5.74, 6) is 0.122. The van der Waals surface area contributed by atoms with Crippen molar-refractivity contribution in [3.05, 3.63) is 42.2 Å². The molecule has 22 heavy (non-hydrogen) atoms. The van der Waals surface area contributed by atoms with Gasteiger partial charge in [-0.3, -0.25) is 4.79 Å². The van der Waals surface area contributed by atoms with Gasteiger partial charge in [0.15, 0.2) is 11.7 Å². The normalized spacial score (nSPS) is 11.5. The molecule has 0 aliphatic carbocycles. The third-order valence-corrected chi connectivity index (χ3v) is 3.13. The molecule has 1 heterocycles. The van der Waals surface area contributed by atoms with Crippen molar-refractivity contribution in [2.24, 2.45) is 0 Å². The molecule has 0 spiro atoms. The molecule has 1 aromatic heterocycles. The predicted octanol–water partition coefficient (Wildman–Crippen LogP) is 2.30. The van der Waals surface area contributed by atoms with E-state index >= 15 is 0 Å². The summed E-state index contributed by atoms with van der Waals surface area (Å²) in [5.41, 5.74) is -0.321. The Morgan fingerprint density at radius 1 is 1.41 bits per heavy atom. The number of nitrogens with zero attached hydrogens (tertiary/aromatic N) is 1. The summed E-state index contributed by atoms with van der Waals surface area (Å²) in [5, 5.41) is 11.8. The van der Waals surface area contributed by atoms with Gasteiger partial charge < -0.3 is 14.8 Å². The highest BCUT2D eigenvalue weighted by atomic mass is 19.1. The second kappa shape index (κ2) is 6.70. The number of aromatic nitrogens is 1. The lowest BCUT2D eigenvalue weighted by molar-refractivity contribution is -0.123. The van der Waals surface area contributed by atoms with E-state index < -0.39 is 5.54 Å². The molecule has 0 unspecified atom stereocenters. The van der Waals surface area contributed by atoms with E-state index in [1.165, 1.54) is 12.3 Å². The first-order valence-electron chi connectivity index (χ1n) is 7.03. The molecular weight excluding hydrogens is 287 g/mol. The molecule has 0 saturated carbocycles. The molecule has 1 aromatic carbocycles. The lowest BCUT2D eigenvalue weighted by Gasteiger charge is -2.23. The third-order valence-electron chi connectivity index (χ3n) is 3.13. The van der Waals surface area contributed by atoms with Crippen LogP contribution in [0.15, 0.2) is 34.9 Å². The van der Waals surface area contributed by atoms with E-state index in [1.807, 2.05) is 0 Å². The Hall–Kier alpha value is -2.21. The Morgan fingerprint density at radius 3 is 2.82 bits per heavy atom. The topological polar surface area (TPSA) is 75.4 Å². The van der Waals surface area contributed by atoms with Crippen molar-refractivity contribution in [3.8, 4) is 11.3 Å². The number of aliphatic hydroxyl groups is 1. The maximum atomic E-state index is 13.6. The first kappa shape index (κ1) is 16.2. The Labute approximate surface area is 128 Å². The van der Waals surface area contributed by atoms with Gasteiger partial charge >= 0.3 is 0 Å². The molecule has 5 nitrogen and oxygen atoms in total. The monoisotopic (exact) mass is 306 g/mol. The second-order valence-corrected chi connectivity index (χ2v) is 5.69. The molecule has 0 saturated heterocycles. The fraction of sp³-hybridized carbons (Fsp3) is 0.375. The van der Waals surface area contributed by atoms with Gasteiger partial charge in [0.05, 0.1) is 23.9 Å². The minimum Gasteiger partial charge on any atom is -0.441 e. The molecule has 118 valence electrons. The number of carbonyl (C=O) groups excluding carboxylic acids is 1. The van der Waals surface area contributed by atoms with Crippen LogP contribution in [0.25, 0.3) is 11.3 Å². The zero-order valence-corrected chi connectivity index (χ0v) is 12.6. The summed E-state index contributed by atoms with van der Waals surface area (Å²) in [6.45, 7) is 3.31. The van der Waals surface area contributed by atoms with E-state index in [0.29, 0.717) is 23.6 Å². The zero-order chi connectivity index (χ0) is 16.2. The van der Waals surface area contributed by atoms with E-state index in [2.05, 4.69) is 10.3 Å².